The highest BCUT2D eigenvalue weighted by Gasteiger charge is 2.31. The normalized spacial score (nSPS) is 13.5. The minimum atomic E-state index is -1.62. The number of thiophene rings is 1. The highest BCUT2D eigenvalue weighted by Crippen LogP contribution is 2.42. The Morgan fingerprint density at radius 3 is 2.45 bits per heavy atom. The molecule has 5 heteroatoms. The Morgan fingerprint density at radius 1 is 1.03 bits per heavy atom. The SMILES string of the molecule is C#CC(C)(OC(=O)c1cccc(-[s+]2cc(C)c3ccccc32)c1)c1cc(F)cc(F)c1. The summed E-state index contributed by atoms with van der Waals surface area (Å²) in [4.78, 5) is 13.9. The van der Waals surface area contributed by atoms with Crippen LogP contribution in [0.5, 0.6) is 0 Å². The van der Waals surface area contributed by atoms with E-state index in [2.05, 4.69) is 30.4 Å². The van der Waals surface area contributed by atoms with Crippen molar-refractivity contribution in [3.63, 3.8) is 0 Å². The Hall–Kier alpha value is -3.49. The maximum Gasteiger partial charge on any atom is 0.340 e. The lowest BCUT2D eigenvalue weighted by Crippen LogP contribution is -2.28. The predicted molar refractivity (Wildman–Crippen MR) is 120 cm³/mol. The average Bonchev–Trinajstić information content (AvgIpc) is 3.10. The fourth-order valence-electron chi connectivity index (χ4n) is 3.49. The highest BCUT2D eigenvalue weighted by molar-refractivity contribution is 7.43. The molecule has 2 unspecified atom stereocenters. The molecule has 4 aromatic rings. The van der Waals surface area contributed by atoms with Crippen LogP contribution in [0.3, 0.4) is 0 Å². The molecule has 4 rings (SSSR count). The van der Waals surface area contributed by atoms with Gasteiger partial charge in [0.1, 0.15) is 17.0 Å². The number of hydrogen-bond acceptors (Lipinski definition) is 2. The van der Waals surface area contributed by atoms with Crippen LogP contribution >= 0.6 is 10.5 Å². The minimum Gasteiger partial charge on any atom is -0.438 e. The largest absolute Gasteiger partial charge is 0.438 e. The van der Waals surface area contributed by atoms with Gasteiger partial charge in [-0.3, -0.25) is 0 Å². The number of carbonyl (C=O) groups is 1. The molecular formula is C26H19F2O2S+. The molecule has 154 valence electrons. The summed E-state index contributed by atoms with van der Waals surface area (Å²) in [6.07, 6.45) is 5.58. The van der Waals surface area contributed by atoms with E-state index >= 15 is 0 Å². The average molecular weight is 433 g/mol. The molecule has 2 nitrogen and oxygen atoms in total. The first-order chi connectivity index (χ1) is 14.8. The van der Waals surface area contributed by atoms with Crippen molar-refractivity contribution in [2.75, 3.05) is 0 Å². The summed E-state index contributed by atoms with van der Waals surface area (Å²) in [6, 6.07) is 18.2. The number of esters is 1. The van der Waals surface area contributed by atoms with Crippen molar-refractivity contribution in [3.8, 4) is 17.2 Å². The summed E-state index contributed by atoms with van der Waals surface area (Å²) in [5, 5.41) is 3.39. The summed E-state index contributed by atoms with van der Waals surface area (Å²) in [6.45, 7) is 3.50. The van der Waals surface area contributed by atoms with Crippen LogP contribution in [0.15, 0.2) is 72.1 Å². The van der Waals surface area contributed by atoms with Gasteiger partial charge in [-0.1, -0.05) is 24.1 Å². The quantitative estimate of drug-likeness (QED) is 0.199. The van der Waals surface area contributed by atoms with Gasteiger partial charge in [-0.25, -0.2) is 13.6 Å². The minimum absolute atomic E-state index is 0.0576. The van der Waals surface area contributed by atoms with Crippen LogP contribution in [0.25, 0.3) is 15.0 Å². The summed E-state index contributed by atoms with van der Waals surface area (Å²) in [5.74, 6) is 0.104. The van der Waals surface area contributed by atoms with Crippen molar-refractivity contribution >= 4 is 26.5 Å². The maximum atomic E-state index is 13.7. The van der Waals surface area contributed by atoms with Crippen LogP contribution in [0.1, 0.15) is 28.4 Å². The van der Waals surface area contributed by atoms with Gasteiger partial charge in [-0.15, -0.1) is 6.42 Å². The van der Waals surface area contributed by atoms with Crippen molar-refractivity contribution in [1.29, 1.82) is 0 Å². The van der Waals surface area contributed by atoms with E-state index in [0.717, 1.165) is 23.1 Å². The van der Waals surface area contributed by atoms with Crippen molar-refractivity contribution in [2.45, 2.75) is 19.4 Å². The summed E-state index contributed by atoms with van der Waals surface area (Å²) in [5.41, 5.74) is -0.0460. The molecule has 0 bridgehead atoms. The van der Waals surface area contributed by atoms with E-state index in [0.29, 0.717) is 5.56 Å². The topological polar surface area (TPSA) is 26.3 Å². The predicted octanol–water partition coefficient (Wildman–Crippen LogP) is 6.87. The molecule has 1 aromatic heterocycles. The summed E-state index contributed by atoms with van der Waals surface area (Å²) >= 11 is 0. The summed E-state index contributed by atoms with van der Waals surface area (Å²) in [7, 11) is -0.299. The Bertz CT molecular complexity index is 1330. The monoisotopic (exact) mass is 433 g/mol. The number of rotatable bonds is 4. The van der Waals surface area contributed by atoms with Crippen molar-refractivity contribution in [3.05, 3.63) is 100 Å². The van der Waals surface area contributed by atoms with Crippen LogP contribution < -0.4 is 0 Å². The maximum absolute atomic E-state index is 13.7. The van der Waals surface area contributed by atoms with Crippen LogP contribution in [0.4, 0.5) is 8.78 Å². The number of fused-ring (bicyclic) bond motifs is 1. The molecule has 3 aromatic carbocycles. The first-order valence-electron chi connectivity index (χ1n) is 9.59. The zero-order valence-electron chi connectivity index (χ0n) is 17.0. The number of halogens is 2. The number of hydrogen-bond donors (Lipinski definition) is 0. The third-order valence-corrected chi connectivity index (χ3v) is 7.33. The lowest BCUT2D eigenvalue weighted by atomic mass is 9.96. The van der Waals surface area contributed by atoms with E-state index in [1.807, 2.05) is 18.2 Å². The van der Waals surface area contributed by atoms with Gasteiger partial charge in [0.05, 0.1) is 5.56 Å². The Labute approximate surface area is 182 Å². The lowest BCUT2D eigenvalue weighted by Gasteiger charge is -2.24. The van der Waals surface area contributed by atoms with E-state index in [4.69, 9.17) is 11.2 Å². The number of aryl methyl sites for hydroxylation is 1. The second-order valence-corrected chi connectivity index (χ2v) is 9.21. The van der Waals surface area contributed by atoms with Crippen LogP contribution in [0.2, 0.25) is 0 Å². The molecule has 0 amide bonds. The first kappa shape index (κ1) is 20.8. The van der Waals surface area contributed by atoms with Gasteiger partial charge < -0.3 is 4.74 Å². The molecule has 0 radical (unpaired) electrons. The van der Waals surface area contributed by atoms with Gasteiger partial charge in [0.2, 0.25) is 0 Å². The third-order valence-electron chi connectivity index (χ3n) is 5.15. The number of ether oxygens (including phenoxy) is 1. The van der Waals surface area contributed by atoms with E-state index < -0.39 is 23.2 Å². The molecule has 0 spiro atoms. The second kappa shape index (κ2) is 7.98. The van der Waals surface area contributed by atoms with Crippen LogP contribution in [0, 0.1) is 30.9 Å². The van der Waals surface area contributed by atoms with Gasteiger partial charge in [0.15, 0.2) is 15.2 Å². The van der Waals surface area contributed by atoms with E-state index in [1.54, 1.807) is 18.2 Å². The van der Waals surface area contributed by atoms with Gasteiger partial charge in [0.25, 0.3) is 0 Å². The molecular weight excluding hydrogens is 414 g/mol. The molecule has 2 atom stereocenters. The molecule has 0 aliphatic heterocycles. The van der Waals surface area contributed by atoms with Gasteiger partial charge in [0, 0.05) is 39.1 Å². The van der Waals surface area contributed by atoms with E-state index in [-0.39, 0.29) is 16.0 Å². The molecule has 0 saturated heterocycles. The molecule has 0 aliphatic carbocycles. The Balaban J connectivity index is 1.69. The van der Waals surface area contributed by atoms with Crippen molar-refractivity contribution < 1.29 is 18.3 Å². The number of carbonyl (C=O) groups excluding carboxylic acids is 1. The number of terminal acetylenes is 1. The van der Waals surface area contributed by atoms with Crippen LogP contribution in [-0.2, 0) is 10.3 Å². The molecule has 0 saturated carbocycles. The van der Waals surface area contributed by atoms with Gasteiger partial charge >= 0.3 is 5.97 Å². The van der Waals surface area contributed by atoms with Crippen molar-refractivity contribution in [1.82, 2.24) is 0 Å². The lowest BCUT2D eigenvalue weighted by molar-refractivity contribution is 0.0127. The zero-order valence-corrected chi connectivity index (χ0v) is 17.8. The summed E-state index contributed by atoms with van der Waals surface area (Å²) < 4.78 is 34.1. The smallest absolute Gasteiger partial charge is 0.340 e. The fraction of sp³-hybridized carbons (Fsp3) is 0.115. The molecule has 0 N–H and O–H groups in total. The highest BCUT2D eigenvalue weighted by atomic mass is 32.2. The molecule has 1 heterocycles. The fourth-order valence-corrected chi connectivity index (χ4v) is 5.66. The number of benzene rings is 3. The molecule has 31 heavy (non-hydrogen) atoms. The zero-order chi connectivity index (χ0) is 22.2. The van der Waals surface area contributed by atoms with Crippen molar-refractivity contribution in [2.24, 2.45) is 0 Å². The van der Waals surface area contributed by atoms with Crippen LogP contribution in [-0.4, -0.2) is 5.97 Å². The third kappa shape index (κ3) is 3.95. The van der Waals surface area contributed by atoms with Gasteiger partial charge in [-0.05, 0) is 50.2 Å². The molecule has 0 aliphatic rings. The molecule has 0 fully saturated rings. The second-order valence-electron chi connectivity index (χ2n) is 7.39. The first-order valence-corrected chi connectivity index (χ1v) is 10.9. The van der Waals surface area contributed by atoms with Gasteiger partial charge in [-0.2, -0.15) is 0 Å². The Morgan fingerprint density at radius 2 is 1.74 bits per heavy atom. The van der Waals surface area contributed by atoms with E-state index in [9.17, 15) is 13.6 Å². The Kier molecular flexibility index (Phi) is 5.34. The standard InChI is InChI=1S/C26H19F2O2S/c1-4-26(3,19-13-20(27)15-21(28)14-19)30-25(29)18-8-7-9-22(12-18)31-16-17(2)23-10-5-6-11-24(23)31/h1,5-16H,2-3H3/q+1. The van der Waals surface area contributed by atoms with E-state index in [1.165, 1.54) is 22.6 Å².